The molecule has 0 aliphatic heterocycles. The van der Waals surface area contributed by atoms with E-state index >= 15 is 0 Å². The van der Waals surface area contributed by atoms with Crippen molar-refractivity contribution in [2.24, 2.45) is 5.10 Å². The van der Waals surface area contributed by atoms with Gasteiger partial charge in [0.25, 0.3) is 5.91 Å². The van der Waals surface area contributed by atoms with E-state index in [1.54, 1.807) is 19.1 Å². The second kappa shape index (κ2) is 7.73. The number of phenolic OH excluding ortho intramolecular Hbond substituents is 1. The average Bonchev–Trinajstić information content (AvgIpc) is 2.52. The third kappa shape index (κ3) is 4.53. The molecule has 120 valence electrons. The largest absolute Gasteiger partial charge is 0.504 e. The number of carbonyl (C=O) groups excluding carboxylic acids is 1. The van der Waals surface area contributed by atoms with Crippen molar-refractivity contribution in [3.05, 3.63) is 57.8 Å². The average molecular weight is 381 g/mol. The lowest BCUT2D eigenvalue weighted by atomic mass is 10.2. The van der Waals surface area contributed by atoms with Crippen LogP contribution in [0.5, 0.6) is 11.5 Å². The third-order valence-electron chi connectivity index (χ3n) is 2.85. The molecule has 1 amide bonds. The van der Waals surface area contributed by atoms with Crippen molar-refractivity contribution in [1.29, 1.82) is 0 Å². The van der Waals surface area contributed by atoms with Crippen molar-refractivity contribution in [2.45, 2.75) is 6.92 Å². The summed E-state index contributed by atoms with van der Waals surface area (Å²) in [5.74, 6) is -0.670. The molecular weight excluding hydrogens is 367 g/mol. The van der Waals surface area contributed by atoms with Gasteiger partial charge >= 0.3 is 0 Å². The number of nitrogens with zero attached hydrogens (tertiary/aromatic N) is 1. The molecule has 0 heterocycles. The number of phenols is 1. The lowest BCUT2D eigenvalue weighted by Gasteiger charge is -2.08. The minimum atomic E-state index is -0.485. The zero-order valence-electron chi connectivity index (χ0n) is 12.2. The molecule has 0 saturated heterocycles. The van der Waals surface area contributed by atoms with Gasteiger partial charge in [-0.2, -0.15) is 5.10 Å². The van der Waals surface area contributed by atoms with E-state index in [-0.39, 0.29) is 11.3 Å². The van der Waals surface area contributed by atoms with Crippen LogP contribution in [-0.2, 0) is 0 Å². The topological polar surface area (TPSA) is 70.9 Å². The highest BCUT2D eigenvalue weighted by Gasteiger charge is 2.09. The summed E-state index contributed by atoms with van der Waals surface area (Å²) in [6.07, 6.45) is 1.30. The van der Waals surface area contributed by atoms with Crippen LogP contribution in [0.1, 0.15) is 22.8 Å². The van der Waals surface area contributed by atoms with Gasteiger partial charge in [0.05, 0.1) is 12.8 Å². The second-order valence-electron chi connectivity index (χ2n) is 4.48. The summed E-state index contributed by atoms with van der Waals surface area (Å²) in [6.45, 7) is 2.21. The number of nitrogens with one attached hydrogen (secondary N) is 1. The maximum absolute atomic E-state index is 12.8. The van der Waals surface area contributed by atoms with Crippen LogP contribution in [0.25, 0.3) is 0 Å². The van der Waals surface area contributed by atoms with Crippen molar-refractivity contribution >= 4 is 28.1 Å². The summed E-state index contributed by atoms with van der Waals surface area (Å²) in [5, 5.41) is 13.9. The zero-order chi connectivity index (χ0) is 16.8. The Morgan fingerprint density at radius 3 is 2.74 bits per heavy atom. The molecule has 23 heavy (non-hydrogen) atoms. The highest BCUT2D eigenvalue weighted by Crippen LogP contribution is 2.32. The van der Waals surface area contributed by atoms with Gasteiger partial charge in [-0.15, -0.1) is 0 Å². The molecule has 0 radical (unpaired) electrons. The fourth-order valence-corrected chi connectivity index (χ4v) is 2.24. The Morgan fingerprint density at radius 2 is 2.09 bits per heavy atom. The Bertz CT molecular complexity index is 733. The fraction of sp³-hybridized carbons (Fsp3) is 0.125. The number of hydrazone groups is 1. The molecule has 5 nitrogen and oxygen atoms in total. The molecule has 0 fully saturated rings. The molecule has 2 N–H and O–H groups in total. The predicted molar refractivity (Wildman–Crippen MR) is 88.4 cm³/mol. The Morgan fingerprint density at radius 1 is 1.39 bits per heavy atom. The first kappa shape index (κ1) is 17.0. The Labute approximate surface area is 140 Å². The fourth-order valence-electron chi connectivity index (χ4n) is 1.78. The molecule has 0 atom stereocenters. The monoisotopic (exact) mass is 380 g/mol. The van der Waals surface area contributed by atoms with Gasteiger partial charge in [0.15, 0.2) is 11.5 Å². The zero-order valence-corrected chi connectivity index (χ0v) is 13.8. The first-order valence-corrected chi connectivity index (χ1v) is 7.55. The number of hydrogen-bond acceptors (Lipinski definition) is 4. The molecular formula is C16H14BrFN2O3. The SMILES string of the molecule is CCOc1cc(Br)cc(/C=N\NC(=O)c2ccc(F)cc2)c1O. The first-order chi connectivity index (χ1) is 11.0. The molecule has 2 aromatic rings. The van der Waals surface area contributed by atoms with Gasteiger partial charge in [0.1, 0.15) is 5.82 Å². The van der Waals surface area contributed by atoms with Crippen LogP contribution in [0.2, 0.25) is 0 Å². The van der Waals surface area contributed by atoms with E-state index in [0.29, 0.717) is 22.4 Å². The van der Waals surface area contributed by atoms with Gasteiger partial charge in [0.2, 0.25) is 0 Å². The van der Waals surface area contributed by atoms with Crippen molar-refractivity contribution < 1.29 is 19.0 Å². The standard InChI is InChI=1S/C16H14BrFN2O3/c1-2-23-14-8-12(17)7-11(15(14)21)9-19-20-16(22)10-3-5-13(18)6-4-10/h3-9,21H,2H2,1H3,(H,20,22)/b19-9-. The molecule has 2 rings (SSSR count). The van der Waals surface area contributed by atoms with Gasteiger partial charge in [-0.3, -0.25) is 4.79 Å². The van der Waals surface area contributed by atoms with E-state index in [4.69, 9.17) is 4.74 Å². The van der Waals surface area contributed by atoms with E-state index in [1.165, 1.54) is 30.5 Å². The summed E-state index contributed by atoms with van der Waals surface area (Å²) >= 11 is 3.31. The van der Waals surface area contributed by atoms with E-state index in [1.807, 2.05) is 0 Å². The number of hydrogen-bond donors (Lipinski definition) is 2. The molecule has 2 aromatic carbocycles. The summed E-state index contributed by atoms with van der Waals surface area (Å²) in [6, 6.07) is 8.34. The molecule has 0 unspecified atom stereocenters. The van der Waals surface area contributed by atoms with Crippen molar-refractivity contribution in [3.8, 4) is 11.5 Å². The van der Waals surface area contributed by atoms with E-state index in [2.05, 4.69) is 26.5 Å². The van der Waals surface area contributed by atoms with E-state index < -0.39 is 11.7 Å². The maximum atomic E-state index is 12.8. The van der Waals surface area contributed by atoms with Crippen LogP contribution in [0.3, 0.4) is 0 Å². The van der Waals surface area contributed by atoms with Crippen LogP contribution in [-0.4, -0.2) is 23.8 Å². The van der Waals surface area contributed by atoms with Crippen LogP contribution >= 0.6 is 15.9 Å². The normalized spacial score (nSPS) is 10.7. The van der Waals surface area contributed by atoms with Crippen molar-refractivity contribution in [1.82, 2.24) is 5.43 Å². The van der Waals surface area contributed by atoms with E-state index in [9.17, 15) is 14.3 Å². The second-order valence-corrected chi connectivity index (χ2v) is 5.40. The number of ether oxygens (including phenoxy) is 1. The number of carbonyl (C=O) groups is 1. The number of benzene rings is 2. The predicted octanol–water partition coefficient (Wildman–Crippen LogP) is 3.46. The molecule has 0 aliphatic rings. The van der Waals surface area contributed by atoms with Gasteiger partial charge < -0.3 is 9.84 Å². The van der Waals surface area contributed by atoms with Gasteiger partial charge in [-0.05, 0) is 43.3 Å². The van der Waals surface area contributed by atoms with Crippen molar-refractivity contribution in [2.75, 3.05) is 6.61 Å². The third-order valence-corrected chi connectivity index (χ3v) is 3.30. The first-order valence-electron chi connectivity index (χ1n) is 6.75. The van der Waals surface area contributed by atoms with Crippen LogP contribution in [0, 0.1) is 5.82 Å². The number of aromatic hydroxyl groups is 1. The smallest absolute Gasteiger partial charge is 0.271 e. The Hall–Kier alpha value is -2.41. The van der Waals surface area contributed by atoms with E-state index in [0.717, 1.165) is 0 Å². The summed E-state index contributed by atoms with van der Waals surface area (Å²) in [5.41, 5.74) is 2.96. The number of amides is 1. The molecule has 0 aliphatic carbocycles. The van der Waals surface area contributed by atoms with Crippen LogP contribution in [0.15, 0.2) is 46.0 Å². The molecule has 7 heteroatoms. The quantitative estimate of drug-likeness (QED) is 0.616. The van der Waals surface area contributed by atoms with Gasteiger partial charge in [-0.1, -0.05) is 15.9 Å². The minimum Gasteiger partial charge on any atom is -0.504 e. The van der Waals surface area contributed by atoms with Gasteiger partial charge in [-0.25, -0.2) is 9.82 Å². The minimum absolute atomic E-state index is 0.0742. The highest BCUT2D eigenvalue weighted by molar-refractivity contribution is 9.10. The summed E-state index contributed by atoms with van der Waals surface area (Å²) in [7, 11) is 0. The molecule has 0 spiro atoms. The van der Waals surface area contributed by atoms with Crippen LogP contribution in [0.4, 0.5) is 4.39 Å². The lowest BCUT2D eigenvalue weighted by molar-refractivity contribution is 0.0955. The highest BCUT2D eigenvalue weighted by atomic mass is 79.9. The molecule has 0 bridgehead atoms. The number of rotatable bonds is 5. The van der Waals surface area contributed by atoms with Crippen molar-refractivity contribution in [3.63, 3.8) is 0 Å². The van der Waals surface area contributed by atoms with Crippen LogP contribution < -0.4 is 10.2 Å². The van der Waals surface area contributed by atoms with Gasteiger partial charge in [0, 0.05) is 15.6 Å². The molecule has 0 aromatic heterocycles. The summed E-state index contributed by atoms with van der Waals surface area (Å²) < 4.78 is 18.8. The maximum Gasteiger partial charge on any atom is 0.271 e. The lowest BCUT2D eigenvalue weighted by Crippen LogP contribution is -2.17. The Balaban J connectivity index is 2.11. The Kier molecular flexibility index (Phi) is 5.70. The number of halogens is 2. The summed E-state index contributed by atoms with van der Waals surface area (Å²) in [4.78, 5) is 11.8. The molecule has 0 saturated carbocycles.